The summed E-state index contributed by atoms with van der Waals surface area (Å²) in [7, 11) is 0. The number of hydrogen-bond donors (Lipinski definition) is 2. The van der Waals surface area contributed by atoms with Crippen LogP contribution in [0, 0.1) is 17.3 Å². The van der Waals surface area contributed by atoms with Crippen molar-refractivity contribution in [1.82, 2.24) is 4.90 Å². The lowest BCUT2D eigenvalue weighted by Gasteiger charge is -2.23. The number of aliphatic carboxylic acids is 1. The zero-order chi connectivity index (χ0) is 19.7. The van der Waals surface area contributed by atoms with Gasteiger partial charge in [0.05, 0.1) is 12.1 Å². The Morgan fingerprint density at radius 2 is 2.04 bits per heavy atom. The van der Waals surface area contributed by atoms with Crippen LogP contribution >= 0.6 is 0 Å². The lowest BCUT2D eigenvalue weighted by atomic mass is 9.94. The number of likely N-dealkylation sites (tertiary alicyclic amines) is 1. The van der Waals surface area contributed by atoms with Crippen LogP contribution in [-0.2, 0) is 9.59 Å². The number of unbranched alkanes of at least 4 members (excludes halogenated alkanes) is 3. The highest BCUT2D eigenvalue weighted by atomic mass is 16.4. The molecule has 0 radical (unpaired) electrons. The Bertz CT molecular complexity index is 597. The monoisotopic (exact) mass is 375 g/mol. The molecule has 0 aromatic heterocycles. The molecule has 2 rings (SSSR count). The van der Waals surface area contributed by atoms with Gasteiger partial charge in [0, 0.05) is 37.6 Å². The molecule has 27 heavy (non-hydrogen) atoms. The van der Waals surface area contributed by atoms with Crippen LogP contribution in [0.15, 0.2) is 12.2 Å². The minimum absolute atomic E-state index is 0.0729. The Kier molecular flexibility index (Phi) is 8.37. The van der Waals surface area contributed by atoms with Crippen molar-refractivity contribution in [3.05, 3.63) is 12.2 Å². The number of carbonyl (C=O) groups excluding carboxylic acids is 1. The molecular formula is C22H33NO4. The van der Waals surface area contributed by atoms with E-state index >= 15 is 0 Å². The summed E-state index contributed by atoms with van der Waals surface area (Å²) in [5, 5.41) is 19.2. The topological polar surface area (TPSA) is 77.8 Å². The molecule has 0 bridgehead atoms. The molecule has 5 nitrogen and oxygen atoms in total. The molecule has 150 valence electrons. The van der Waals surface area contributed by atoms with Gasteiger partial charge in [-0.1, -0.05) is 31.9 Å². The summed E-state index contributed by atoms with van der Waals surface area (Å²) in [4.78, 5) is 24.6. The van der Waals surface area contributed by atoms with E-state index < -0.39 is 12.1 Å². The number of nitrogens with zero attached hydrogens (tertiary/aromatic N) is 1. The maximum Gasteiger partial charge on any atom is 0.303 e. The van der Waals surface area contributed by atoms with Crippen molar-refractivity contribution in [2.24, 2.45) is 5.41 Å². The number of rotatable bonds is 11. The first kappa shape index (κ1) is 21.5. The van der Waals surface area contributed by atoms with Crippen LogP contribution in [-0.4, -0.2) is 45.7 Å². The molecule has 1 heterocycles. The Hall–Kier alpha value is -1.80. The van der Waals surface area contributed by atoms with E-state index in [1.54, 1.807) is 0 Å². The summed E-state index contributed by atoms with van der Waals surface area (Å²) in [6.07, 6.45) is 12.0. The van der Waals surface area contributed by atoms with Crippen molar-refractivity contribution in [3.63, 3.8) is 0 Å². The highest BCUT2D eigenvalue weighted by Gasteiger charge is 2.47. The third kappa shape index (κ3) is 6.70. The summed E-state index contributed by atoms with van der Waals surface area (Å²) in [6.45, 7) is 2.74. The Morgan fingerprint density at radius 3 is 2.70 bits per heavy atom. The van der Waals surface area contributed by atoms with E-state index in [1.807, 2.05) is 24.0 Å². The van der Waals surface area contributed by atoms with Crippen LogP contribution < -0.4 is 0 Å². The van der Waals surface area contributed by atoms with E-state index in [2.05, 4.69) is 11.8 Å². The lowest BCUT2D eigenvalue weighted by molar-refractivity contribution is -0.137. The second kappa shape index (κ2) is 10.5. The SMILES string of the molecule is CCC#CCC1([C@H](O)C=C[C@H]2CCC(=O)N2CCCCCCC(=O)O)CC1. The Morgan fingerprint density at radius 1 is 1.30 bits per heavy atom. The summed E-state index contributed by atoms with van der Waals surface area (Å²) >= 11 is 0. The molecule has 0 unspecified atom stereocenters. The molecule has 1 saturated heterocycles. The predicted octanol–water partition coefficient (Wildman–Crippen LogP) is 3.51. The zero-order valence-electron chi connectivity index (χ0n) is 16.5. The summed E-state index contributed by atoms with van der Waals surface area (Å²) < 4.78 is 0. The smallest absolute Gasteiger partial charge is 0.303 e. The van der Waals surface area contributed by atoms with Crippen LogP contribution in [0.4, 0.5) is 0 Å². The number of carboxylic acids is 1. The maximum absolute atomic E-state index is 12.2. The van der Waals surface area contributed by atoms with E-state index in [4.69, 9.17) is 5.11 Å². The average Bonchev–Trinajstić information content (AvgIpc) is 3.34. The van der Waals surface area contributed by atoms with Gasteiger partial charge in [-0.15, -0.1) is 11.8 Å². The number of carbonyl (C=O) groups is 2. The average molecular weight is 376 g/mol. The van der Waals surface area contributed by atoms with Gasteiger partial charge in [0.15, 0.2) is 0 Å². The van der Waals surface area contributed by atoms with Crippen molar-refractivity contribution in [2.75, 3.05) is 6.54 Å². The van der Waals surface area contributed by atoms with Gasteiger partial charge in [-0.2, -0.15) is 0 Å². The zero-order valence-corrected chi connectivity index (χ0v) is 16.5. The maximum atomic E-state index is 12.2. The second-order valence-electron chi connectivity index (χ2n) is 7.83. The highest BCUT2D eigenvalue weighted by Crippen LogP contribution is 2.52. The molecular weight excluding hydrogens is 342 g/mol. The number of amides is 1. The molecule has 0 aromatic rings. The first-order chi connectivity index (χ1) is 13.0. The van der Waals surface area contributed by atoms with Gasteiger partial charge in [-0.05, 0) is 32.1 Å². The standard InChI is InChI=1S/C22H33NO4/c1-2-3-7-14-22(15-16-22)19(24)12-10-18-11-13-20(25)23(18)17-8-5-4-6-9-21(26)27/h10,12,18-19,24H,2,4-6,8-9,11,13-17H2,1H3,(H,26,27)/t18-,19+/m0/s1. The normalized spacial score (nSPS) is 21.9. The van der Waals surface area contributed by atoms with Gasteiger partial charge in [0.1, 0.15) is 0 Å². The van der Waals surface area contributed by atoms with Gasteiger partial charge < -0.3 is 15.1 Å². The molecule has 1 saturated carbocycles. The van der Waals surface area contributed by atoms with E-state index in [-0.39, 0.29) is 23.8 Å². The molecule has 0 aromatic carbocycles. The second-order valence-corrected chi connectivity index (χ2v) is 7.83. The van der Waals surface area contributed by atoms with Gasteiger partial charge >= 0.3 is 5.97 Å². The van der Waals surface area contributed by atoms with Crippen molar-refractivity contribution in [2.45, 2.75) is 89.7 Å². The first-order valence-electron chi connectivity index (χ1n) is 10.3. The highest BCUT2D eigenvalue weighted by molar-refractivity contribution is 5.79. The summed E-state index contributed by atoms with van der Waals surface area (Å²) in [6, 6.07) is 0.0729. The fraction of sp³-hybridized carbons (Fsp3) is 0.727. The molecule has 1 amide bonds. The number of aliphatic hydroxyl groups excluding tert-OH is 1. The quantitative estimate of drug-likeness (QED) is 0.329. The minimum atomic E-state index is -0.748. The molecule has 1 aliphatic carbocycles. The van der Waals surface area contributed by atoms with Crippen LogP contribution in [0.2, 0.25) is 0 Å². The number of hydrogen-bond acceptors (Lipinski definition) is 3. The molecule has 2 atom stereocenters. The Labute approximate surface area is 162 Å². The third-order valence-electron chi connectivity index (χ3n) is 5.69. The molecule has 2 N–H and O–H groups in total. The molecule has 2 fully saturated rings. The van der Waals surface area contributed by atoms with Crippen LogP contribution in [0.25, 0.3) is 0 Å². The van der Waals surface area contributed by atoms with Crippen molar-refractivity contribution >= 4 is 11.9 Å². The van der Waals surface area contributed by atoms with E-state index in [1.165, 1.54) is 0 Å². The summed E-state index contributed by atoms with van der Waals surface area (Å²) in [5.74, 6) is 5.68. The molecule has 0 spiro atoms. The molecule has 1 aliphatic heterocycles. The molecule has 2 aliphatic rings. The van der Waals surface area contributed by atoms with Gasteiger partial charge in [0.25, 0.3) is 0 Å². The van der Waals surface area contributed by atoms with Crippen LogP contribution in [0.3, 0.4) is 0 Å². The van der Waals surface area contributed by atoms with E-state index in [0.29, 0.717) is 19.4 Å². The third-order valence-corrected chi connectivity index (χ3v) is 5.69. The Balaban J connectivity index is 1.77. The van der Waals surface area contributed by atoms with Crippen LogP contribution in [0.5, 0.6) is 0 Å². The molecule has 5 heteroatoms. The minimum Gasteiger partial charge on any atom is -0.481 e. The lowest BCUT2D eigenvalue weighted by Crippen LogP contribution is -2.33. The van der Waals surface area contributed by atoms with E-state index in [0.717, 1.165) is 51.4 Å². The van der Waals surface area contributed by atoms with Crippen molar-refractivity contribution in [1.29, 1.82) is 0 Å². The van der Waals surface area contributed by atoms with Gasteiger partial charge in [-0.25, -0.2) is 0 Å². The fourth-order valence-corrected chi connectivity index (χ4v) is 3.70. The predicted molar refractivity (Wildman–Crippen MR) is 105 cm³/mol. The number of carboxylic acid groups (broad SMARTS) is 1. The number of aliphatic hydroxyl groups is 1. The fourth-order valence-electron chi connectivity index (χ4n) is 3.70. The largest absolute Gasteiger partial charge is 0.481 e. The van der Waals surface area contributed by atoms with Crippen molar-refractivity contribution < 1.29 is 19.8 Å². The van der Waals surface area contributed by atoms with Gasteiger partial charge in [-0.3, -0.25) is 9.59 Å². The first-order valence-corrected chi connectivity index (χ1v) is 10.3. The summed E-state index contributed by atoms with van der Waals surface area (Å²) in [5.41, 5.74) is -0.0732. The van der Waals surface area contributed by atoms with Crippen molar-refractivity contribution in [3.8, 4) is 11.8 Å². The van der Waals surface area contributed by atoms with Crippen LogP contribution in [0.1, 0.15) is 77.6 Å². The van der Waals surface area contributed by atoms with E-state index in [9.17, 15) is 14.7 Å². The van der Waals surface area contributed by atoms with Gasteiger partial charge in [0.2, 0.25) is 5.91 Å².